The summed E-state index contributed by atoms with van der Waals surface area (Å²) in [6.07, 6.45) is 1.39. The van der Waals surface area contributed by atoms with Gasteiger partial charge in [0.2, 0.25) is 23.2 Å². The van der Waals surface area contributed by atoms with Gasteiger partial charge in [-0.05, 0) is 37.4 Å². The molecule has 0 fully saturated rings. The van der Waals surface area contributed by atoms with Crippen LogP contribution in [0.4, 0.5) is 5.69 Å². The lowest BCUT2D eigenvalue weighted by molar-refractivity contribution is -0.120. The van der Waals surface area contributed by atoms with E-state index in [-0.39, 0.29) is 5.91 Å². The molecule has 1 atom stereocenters. The van der Waals surface area contributed by atoms with Crippen molar-refractivity contribution in [3.63, 3.8) is 0 Å². The summed E-state index contributed by atoms with van der Waals surface area (Å²) in [7, 11) is 0. The molecule has 2 aromatic carbocycles. The Morgan fingerprint density at radius 1 is 1.23 bits per heavy atom. The van der Waals surface area contributed by atoms with E-state index in [1.807, 2.05) is 62.6 Å². The summed E-state index contributed by atoms with van der Waals surface area (Å²) in [6.45, 7) is 4.23. The molecule has 160 valence electrons. The van der Waals surface area contributed by atoms with Crippen molar-refractivity contribution in [2.75, 3.05) is 17.8 Å². The fraction of sp³-hybridized carbons (Fsp3) is 0.273. The maximum atomic E-state index is 13.2. The summed E-state index contributed by atoms with van der Waals surface area (Å²) in [5, 5.41) is 9.06. The van der Waals surface area contributed by atoms with Gasteiger partial charge in [-0.2, -0.15) is 4.98 Å². The Morgan fingerprint density at radius 3 is 2.77 bits per heavy atom. The van der Waals surface area contributed by atoms with E-state index in [0.29, 0.717) is 46.8 Å². The Bertz CT molecular complexity index is 1130. The van der Waals surface area contributed by atoms with Crippen molar-refractivity contribution in [1.29, 1.82) is 0 Å². The van der Waals surface area contributed by atoms with Crippen LogP contribution in [-0.2, 0) is 4.79 Å². The van der Waals surface area contributed by atoms with E-state index in [0.717, 1.165) is 10.0 Å². The van der Waals surface area contributed by atoms with E-state index >= 15 is 0 Å². The van der Waals surface area contributed by atoms with Crippen LogP contribution in [0.15, 0.2) is 52.1 Å². The fourth-order valence-electron chi connectivity index (χ4n) is 3.44. The smallest absolute Gasteiger partial charge is 0.247 e. The van der Waals surface area contributed by atoms with Gasteiger partial charge in [0.05, 0.1) is 17.9 Å². The Kier molecular flexibility index (Phi) is 6.43. The van der Waals surface area contributed by atoms with E-state index in [9.17, 15) is 4.79 Å². The third-order valence-corrected chi connectivity index (χ3v) is 5.83. The number of ether oxygens (including phenoxy) is 2. The lowest BCUT2D eigenvalue weighted by atomic mass is 10.1. The van der Waals surface area contributed by atoms with E-state index in [1.54, 1.807) is 4.90 Å². The number of rotatable bonds is 5. The van der Waals surface area contributed by atoms with Crippen molar-refractivity contribution >= 4 is 39.3 Å². The van der Waals surface area contributed by atoms with Crippen LogP contribution in [0, 0.1) is 0 Å². The summed E-state index contributed by atoms with van der Waals surface area (Å²) in [5.74, 6) is 0.869. The number of anilines is 1. The van der Waals surface area contributed by atoms with Crippen LogP contribution in [-0.4, -0.2) is 34.0 Å². The molecule has 2 heterocycles. The molecule has 0 saturated heterocycles. The molecule has 0 saturated carbocycles. The number of amides is 1. The van der Waals surface area contributed by atoms with Crippen molar-refractivity contribution in [2.45, 2.75) is 31.7 Å². The molecule has 0 spiro atoms. The zero-order chi connectivity index (χ0) is 22.0. The highest BCUT2D eigenvalue weighted by atomic mass is 79.9. The fourth-order valence-corrected chi connectivity index (χ4v) is 4.12. The van der Waals surface area contributed by atoms with Crippen LogP contribution in [0.1, 0.15) is 32.1 Å². The summed E-state index contributed by atoms with van der Waals surface area (Å²) < 4.78 is 13.1. The molecule has 4 rings (SSSR count). The Hall–Kier alpha value is -2.65. The third-order valence-electron chi connectivity index (χ3n) is 4.80. The first kappa shape index (κ1) is 21.6. The largest absolute Gasteiger partial charge is 0.493 e. The average Bonchev–Trinajstić information content (AvgIpc) is 2.94. The molecule has 0 aliphatic carbocycles. The maximum Gasteiger partial charge on any atom is 0.247 e. The van der Waals surface area contributed by atoms with E-state index in [1.165, 1.54) is 11.8 Å². The molecular formula is C22H21BrN4O3S. The van der Waals surface area contributed by atoms with E-state index in [4.69, 9.17) is 9.47 Å². The molecule has 1 amide bonds. The molecular weight excluding hydrogens is 480 g/mol. The first-order valence-electron chi connectivity index (χ1n) is 9.86. The van der Waals surface area contributed by atoms with Gasteiger partial charge in [0, 0.05) is 16.5 Å². The zero-order valence-corrected chi connectivity index (χ0v) is 19.7. The molecule has 1 unspecified atom stereocenters. The molecule has 9 heteroatoms. The van der Waals surface area contributed by atoms with Crippen LogP contribution >= 0.6 is 27.7 Å². The quantitative estimate of drug-likeness (QED) is 0.442. The minimum Gasteiger partial charge on any atom is -0.493 e. The number of hydrogen-bond acceptors (Lipinski definition) is 7. The van der Waals surface area contributed by atoms with Crippen molar-refractivity contribution < 1.29 is 14.3 Å². The third kappa shape index (κ3) is 4.12. The topological polar surface area (TPSA) is 77.4 Å². The summed E-state index contributed by atoms with van der Waals surface area (Å²) in [5.41, 5.74) is 2.64. The predicted molar refractivity (Wildman–Crippen MR) is 124 cm³/mol. The van der Waals surface area contributed by atoms with Gasteiger partial charge in [0.15, 0.2) is 5.69 Å². The summed E-state index contributed by atoms with van der Waals surface area (Å²) in [6, 6.07) is 13.2. The SMILES string of the molecule is CCOc1ccc(Br)cc1C1Oc2nc(SC)nnc2-c2ccccc2N1C(=O)CC. The number of aromatic nitrogens is 3. The molecule has 1 aromatic heterocycles. The second-order valence-corrected chi connectivity index (χ2v) is 8.36. The Balaban J connectivity index is 2.00. The highest BCUT2D eigenvalue weighted by molar-refractivity contribution is 9.10. The standard InChI is InChI=1S/C22H21BrN4O3S/c1-4-18(28)27-16-9-7-6-8-14(16)19-20(24-22(31-3)26-25-19)30-21(27)15-12-13(23)10-11-17(15)29-5-2/h6-12,21H,4-5H2,1-3H3. The van der Waals surface area contributed by atoms with Gasteiger partial charge >= 0.3 is 0 Å². The monoisotopic (exact) mass is 500 g/mol. The molecule has 0 N–H and O–H groups in total. The number of carbonyl (C=O) groups excluding carboxylic acids is 1. The van der Waals surface area contributed by atoms with Gasteiger partial charge in [-0.3, -0.25) is 9.69 Å². The molecule has 0 radical (unpaired) electrons. The average molecular weight is 501 g/mol. The van der Waals surface area contributed by atoms with E-state index < -0.39 is 6.23 Å². The number of thioether (sulfide) groups is 1. The molecule has 0 bridgehead atoms. The van der Waals surface area contributed by atoms with Crippen molar-refractivity contribution in [1.82, 2.24) is 15.2 Å². The number of halogens is 1. The Labute approximate surface area is 193 Å². The first-order valence-corrected chi connectivity index (χ1v) is 11.9. The van der Waals surface area contributed by atoms with Crippen molar-refractivity contribution in [3.8, 4) is 22.9 Å². The van der Waals surface area contributed by atoms with Crippen LogP contribution in [0.5, 0.6) is 11.6 Å². The first-order chi connectivity index (χ1) is 15.1. The lowest BCUT2D eigenvalue weighted by Gasteiger charge is -2.31. The molecule has 3 aromatic rings. The summed E-state index contributed by atoms with van der Waals surface area (Å²) >= 11 is 4.91. The van der Waals surface area contributed by atoms with Gasteiger partial charge in [0.1, 0.15) is 5.75 Å². The maximum absolute atomic E-state index is 13.2. The molecule has 31 heavy (non-hydrogen) atoms. The number of carbonyl (C=O) groups is 1. The van der Waals surface area contributed by atoms with E-state index in [2.05, 4.69) is 31.1 Å². The number of nitrogens with zero attached hydrogens (tertiary/aromatic N) is 4. The summed E-state index contributed by atoms with van der Waals surface area (Å²) in [4.78, 5) is 19.4. The highest BCUT2D eigenvalue weighted by Crippen LogP contribution is 2.45. The number of fused-ring (bicyclic) bond motifs is 3. The van der Waals surface area contributed by atoms with Crippen LogP contribution in [0.25, 0.3) is 11.3 Å². The number of benzene rings is 2. The van der Waals surface area contributed by atoms with Gasteiger partial charge in [-0.15, -0.1) is 10.2 Å². The van der Waals surface area contributed by atoms with Crippen molar-refractivity contribution in [2.24, 2.45) is 0 Å². The van der Waals surface area contributed by atoms with Gasteiger partial charge in [0.25, 0.3) is 0 Å². The Morgan fingerprint density at radius 2 is 2.03 bits per heavy atom. The minimum absolute atomic E-state index is 0.0919. The molecule has 1 aliphatic heterocycles. The predicted octanol–water partition coefficient (Wildman–Crippen LogP) is 5.26. The second kappa shape index (κ2) is 9.23. The van der Waals surface area contributed by atoms with Gasteiger partial charge in [-0.1, -0.05) is 52.8 Å². The minimum atomic E-state index is -0.791. The van der Waals surface area contributed by atoms with Crippen LogP contribution in [0.3, 0.4) is 0 Å². The highest BCUT2D eigenvalue weighted by Gasteiger charge is 2.36. The van der Waals surface area contributed by atoms with Gasteiger partial charge in [-0.25, -0.2) is 0 Å². The molecule has 7 nitrogen and oxygen atoms in total. The van der Waals surface area contributed by atoms with Crippen LogP contribution < -0.4 is 14.4 Å². The van der Waals surface area contributed by atoms with Crippen molar-refractivity contribution in [3.05, 3.63) is 52.5 Å². The molecule has 1 aliphatic rings. The normalized spacial score (nSPS) is 14.8. The number of para-hydroxylation sites is 1. The van der Waals surface area contributed by atoms with Gasteiger partial charge < -0.3 is 9.47 Å². The zero-order valence-electron chi connectivity index (χ0n) is 17.3. The second-order valence-electron chi connectivity index (χ2n) is 6.67. The van der Waals surface area contributed by atoms with Crippen LogP contribution in [0.2, 0.25) is 0 Å². The lowest BCUT2D eigenvalue weighted by Crippen LogP contribution is -2.37. The number of hydrogen-bond donors (Lipinski definition) is 0.